The van der Waals surface area contributed by atoms with Crippen LogP contribution in [0.3, 0.4) is 0 Å². The van der Waals surface area contributed by atoms with E-state index in [0.29, 0.717) is 13.2 Å². The van der Waals surface area contributed by atoms with Gasteiger partial charge in [0, 0.05) is 6.42 Å². The van der Waals surface area contributed by atoms with Gasteiger partial charge in [-0.25, -0.2) is 4.99 Å². The van der Waals surface area contributed by atoms with Gasteiger partial charge in [0.25, 0.3) is 0 Å². The number of nitrogens with two attached hydrogens (primary N) is 2. The van der Waals surface area contributed by atoms with Gasteiger partial charge in [0.05, 0.1) is 13.2 Å². The monoisotopic (exact) mass is 381 g/mol. The fourth-order valence-corrected chi connectivity index (χ4v) is 3.32. The van der Waals surface area contributed by atoms with Gasteiger partial charge in [-0.2, -0.15) is 10.1 Å². The number of ether oxygens (including phenoxy) is 1. The second-order valence-electron chi connectivity index (χ2n) is 6.63. The van der Waals surface area contributed by atoms with Gasteiger partial charge in [0.2, 0.25) is 11.9 Å². The number of aryl methyl sites for hydroxylation is 1. The lowest BCUT2D eigenvalue weighted by atomic mass is 9.89. The van der Waals surface area contributed by atoms with Crippen LogP contribution in [-0.4, -0.2) is 35.9 Å². The third-order valence-electron chi connectivity index (χ3n) is 4.59. The quantitative estimate of drug-likeness (QED) is 0.738. The Labute approximate surface area is 160 Å². The standard InChI is InChI=1S/C18H27N5O2.ClH/c1-14-6-8-15(9-7-14)24-12-5-13-25-23-17(20)21-16(19)22-18(23)10-3-2-4-11-18;/h6-9H,2-5,10-13H2,1H3,(H4,19,20,21,22);1H. The minimum atomic E-state index is -0.494. The molecule has 4 N–H and O–H groups in total. The van der Waals surface area contributed by atoms with Crippen LogP contribution in [-0.2, 0) is 4.84 Å². The number of rotatable bonds is 6. The Morgan fingerprint density at radius 2 is 1.77 bits per heavy atom. The van der Waals surface area contributed by atoms with E-state index >= 15 is 0 Å². The highest BCUT2D eigenvalue weighted by molar-refractivity contribution is 5.95. The van der Waals surface area contributed by atoms with Crippen LogP contribution in [0.25, 0.3) is 0 Å². The summed E-state index contributed by atoms with van der Waals surface area (Å²) >= 11 is 0. The lowest BCUT2D eigenvalue weighted by Crippen LogP contribution is -2.57. The third-order valence-corrected chi connectivity index (χ3v) is 4.59. The second-order valence-corrected chi connectivity index (χ2v) is 6.63. The fourth-order valence-electron chi connectivity index (χ4n) is 3.32. The molecule has 8 heteroatoms. The van der Waals surface area contributed by atoms with Gasteiger partial charge in [0.15, 0.2) is 5.66 Å². The highest BCUT2D eigenvalue weighted by Gasteiger charge is 2.42. The Bertz CT molecular complexity index is 641. The number of guanidine groups is 2. The molecule has 1 aliphatic heterocycles. The molecule has 26 heavy (non-hydrogen) atoms. The minimum Gasteiger partial charge on any atom is -0.494 e. The molecule has 0 aromatic heterocycles. The summed E-state index contributed by atoms with van der Waals surface area (Å²) in [6.45, 7) is 3.12. The Balaban J connectivity index is 0.00000243. The van der Waals surface area contributed by atoms with Gasteiger partial charge >= 0.3 is 0 Å². The van der Waals surface area contributed by atoms with Crippen molar-refractivity contribution in [3.05, 3.63) is 29.8 Å². The molecule has 1 aliphatic carbocycles. The summed E-state index contributed by atoms with van der Waals surface area (Å²) in [5.74, 6) is 1.39. The van der Waals surface area contributed by atoms with E-state index in [1.54, 1.807) is 5.06 Å². The normalized spacial score (nSPS) is 18.7. The maximum atomic E-state index is 6.05. The first-order valence-corrected chi connectivity index (χ1v) is 8.91. The predicted octanol–water partition coefficient (Wildman–Crippen LogP) is 2.72. The maximum absolute atomic E-state index is 6.05. The van der Waals surface area contributed by atoms with Crippen LogP contribution in [0, 0.1) is 6.92 Å². The molecule has 1 aromatic carbocycles. The molecule has 2 aliphatic rings. The molecule has 0 amide bonds. The topological polar surface area (TPSA) is 98.5 Å². The zero-order valence-electron chi connectivity index (χ0n) is 15.2. The zero-order chi connectivity index (χ0) is 17.7. The van der Waals surface area contributed by atoms with Crippen LogP contribution in [0.2, 0.25) is 0 Å². The lowest BCUT2D eigenvalue weighted by molar-refractivity contribution is -0.178. The van der Waals surface area contributed by atoms with Crippen LogP contribution >= 0.6 is 12.4 Å². The highest BCUT2D eigenvalue weighted by atomic mass is 35.5. The van der Waals surface area contributed by atoms with E-state index in [9.17, 15) is 0 Å². The van der Waals surface area contributed by atoms with E-state index in [4.69, 9.17) is 21.0 Å². The second kappa shape index (κ2) is 9.09. The van der Waals surface area contributed by atoms with Crippen molar-refractivity contribution in [3.8, 4) is 5.75 Å². The number of benzene rings is 1. The molecule has 0 unspecified atom stereocenters. The molecule has 0 atom stereocenters. The summed E-state index contributed by atoms with van der Waals surface area (Å²) in [6, 6.07) is 8.01. The molecular weight excluding hydrogens is 354 g/mol. The van der Waals surface area contributed by atoms with E-state index in [2.05, 4.69) is 16.9 Å². The summed E-state index contributed by atoms with van der Waals surface area (Å²) < 4.78 is 5.72. The van der Waals surface area contributed by atoms with Gasteiger partial charge in [-0.15, -0.1) is 12.4 Å². The van der Waals surface area contributed by atoms with Gasteiger partial charge in [-0.1, -0.05) is 24.1 Å². The largest absolute Gasteiger partial charge is 0.494 e. The van der Waals surface area contributed by atoms with Gasteiger partial charge < -0.3 is 16.2 Å². The van der Waals surface area contributed by atoms with Crippen LogP contribution in [0.1, 0.15) is 44.1 Å². The van der Waals surface area contributed by atoms with Crippen LogP contribution < -0.4 is 16.2 Å². The van der Waals surface area contributed by atoms with Crippen molar-refractivity contribution in [3.63, 3.8) is 0 Å². The molecular formula is C18H28ClN5O2. The first kappa shape index (κ1) is 20.3. The first-order chi connectivity index (χ1) is 12.1. The van der Waals surface area contributed by atoms with E-state index < -0.39 is 5.66 Å². The van der Waals surface area contributed by atoms with Crippen molar-refractivity contribution in [2.75, 3.05) is 13.2 Å². The summed E-state index contributed by atoms with van der Waals surface area (Å²) in [7, 11) is 0. The molecule has 1 fully saturated rings. The summed E-state index contributed by atoms with van der Waals surface area (Å²) in [5.41, 5.74) is 12.6. The number of halogens is 1. The van der Waals surface area contributed by atoms with E-state index in [1.807, 2.05) is 24.3 Å². The lowest BCUT2D eigenvalue weighted by Gasteiger charge is -2.44. The molecule has 144 valence electrons. The highest BCUT2D eigenvalue weighted by Crippen LogP contribution is 2.36. The van der Waals surface area contributed by atoms with Gasteiger partial charge in [-0.05, 0) is 44.7 Å². The molecule has 0 saturated heterocycles. The van der Waals surface area contributed by atoms with Crippen molar-refractivity contribution in [2.45, 2.75) is 51.1 Å². The minimum absolute atomic E-state index is 0. The molecule has 7 nitrogen and oxygen atoms in total. The van der Waals surface area contributed by atoms with Crippen molar-refractivity contribution >= 4 is 24.3 Å². The molecule has 0 radical (unpaired) electrons. The third kappa shape index (κ3) is 4.80. The molecule has 1 saturated carbocycles. The van der Waals surface area contributed by atoms with E-state index in [1.165, 1.54) is 12.0 Å². The molecule has 1 aromatic rings. The Kier molecular flexibility index (Phi) is 7.11. The summed E-state index contributed by atoms with van der Waals surface area (Å²) in [4.78, 5) is 14.5. The summed E-state index contributed by atoms with van der Waals surface area (Å²) in [6.07, 6.45) is 5.87. The van der Waals surface area contributed by atoms with Crippen molar-refractivity contribution in [1.82, 2.24) is 5.06 Å². The average Bonchev–Trinajstić information content (AvgIpc) is 2.59. The number of hydrogen-bond acceptors (Lipinski definition) is 7. The van der Waals surface area contributed by atoms with E-state index in [-0.39, 0.29) is 24.3 Å². The summed E-state index contributed by atoms with van der Waals surface area (Å²) in [5, 5.41) is 1.66. The molecule has 1 heterocycles. The molecule has 3 rings (SSSR count). The predicted molar refractivity (Wildman–Crippen MR) is 105 cm³/mol. The van der Waals surface area contributed by atoms with E-state index in [0.717, 1.165) is 37.9 Å². The van der Waals surface area contributed by atoms with Gasteiger partial charge in [0.1, 0.15) is 5.75 Å². The zero-order valence-corrected chi connectivity index (χ0v) is 16.0. The maximum Gasteiger partial charge on any atom is 0.226 e. The SMILES string of the molecule is Cc1ccc(OCCCON2C(N)=NC(N)=NC23CCCCC3)cc1.Cl. The number of hydroxylamine groups is 2. The number of nitrogens with zero attached hydrogens (tertiary/aromatic N) is 3. The van der Waals surface area contributed by atoms with Crippen LogP contribution in [0.5, 0.6) is 5.75 Å². The van der Waals surface area contributed by atoms with Crippen LogP contribution in [0.4, 0.5) is 0 Å². The number of aliphatic imine (C=N–C) groups is 2. The van der Waals surface area contributed by atoms with Crippen molar-refractivity contribution in [2.24, 2.45) is 21.5 Å². The molecule has 1 spiro atoms. The Hall–Kier alpha value is -1.99. The number of hydrogen-bond donors (Lipinski definition) is 2. The average molecular weight is 382 g/mol. The van der Waals surface area contributed by atoms with Crippen molar-refractivity contribution in [1.29, 1.82) is 0 Å². The van der Waals surface area contributed by atoms with Crippen LogP contribution in [0.15, 0.2) is 34.3 Å². The fraction of sp³-hybridized carbons (Fsp3) is 0.556. The first-order valence-electron chi connectivity index (χ1n) is 8.91. The Morgan fingerprint density at radius 3 is 2.46 bits per heavy atom. The Morgan fingerprint density at radius 1 is 1.08 bits per heavy atom. The molecule has 0 bridgehead atoms. The smallest absolute Gasteiger partial charge is 0.226 e. The van der Waals surface area contributed by atoms with Gasteiger partial charge in [-0.3, -0.25) is 4.84 Å². The van der Waals surface area contributed by atoms with Crippen molar-refractivity contribution < 1.29 is 9.57 Å².